The maximum atomic E-state index is 13.2. The van der Waals surface area contributed by atoms with E-state index >= 15 is 0 Å². The molecule has 3 aliphatic rings. The Balaban J connectivity index is 1.39. The molecular formula is C29H31NO5S. The van der Waals surface area contributed by atoms with Crippen molar-refractivity contribution >= 4 is 27.8 Å². The van der Waals surface area contributed by atoms with E-state index in [1.54, 1.807) is 30.4 Å². The number of sulfonamides is 1. The molecule has 0 radical (unpaired) electrons. The van der Waals surface area contributed by atoms with Gasteiger partial charge in [-0.2, -0.15) is 0 Å². The summed E-state index contributed by atoms with van der Waals surface area (Å²) in [6.07, 6.45) is 11.0. The first kappa shape index (κ1) is 24.5. The van der Waals surface area contributed by atoms with E-state index in [1.165, 1.54) is 0 Å². The largest absolute Gasteiger partial charge is 0.430 e. The number of benzene rings is 2. The van der Waals surface area contributed by atoms with Crippen LogP contribution >= 0.6 is 0 Å². The van der Waals surface area contributed by atoms with E-state index in [9.17, 15) is 18.3 Å². The van der Waals surface area contributed by atoms with Crippen LogP contribution in [-0.2, 0) is 19.6 Å². The van der Waals surface area contributed by atoms with Crippen molar-refractivity contribution < 1.29 is 23.1 Å². The average Bonchev–Trinajstić information content (AvgIpc) is 3.67. The van der Waals surface area contributed by atoms with E-state index in [0.29, 0.717) is 11.4 Å². The lowest BCUT2D eigenvalue weighted by molar-refractivity contribution is -0.160. The van der Waals surface area contributed by atoms with Crippen molar-refractivity contribution in [1.29, 1.82) is 0 Å². The molecule has 0 bridgehead atoms. The molecule has 2 fully saturated rings. The first-order valence-electron chi connectivity index (χ1n) is 12.5. The van der Waals surface area contributed by atoms with Crippen LogP contribution in [0.15, 0.2) is 84.0 Å². The van der Waals surface area contributed by atoms with Gasteiger partial charge in [0.25, 0.3) is 10.0 Å². The fraction of sp³-hybridized carbons (Fsp3) is 0.345. The third kappa shape index (κ3) is 5.63. The summed E-state index contributed by atoms with van der Waals surface area (Å²) in [5.41, 5.74) is 2.04. The fourth-order valence-electron chi connectivity index (χ4n) is 5.33. The van der Waals surface area contributed by atoms with Crippen LogP contribution in [0.4, 0.5) is 5.69 Å². The predicted octanol–water partition coefficient (Wildman–Crippen LogP) is 5.37. The molecule has 36 heavy (non-hydrogen) atoms. The Bertz CT molecular complexity index is 1290. The summed E-state index contributed by atoms with van der Waals surface area (Å²) in [5.74, 6) is -0.759. The van der Waals surface area contributed by atoms with Gasteiger partial charge in [0.15, 0.2) is 0 Å². The first-order valence-corrected chi connectivity index (χ1v) is 14.1. The molecule has 1 heterocycles. The Hall–Kier alpha value is -3.16. The van der Waals surface area contributed by atoms with Crippen LogP contribution < -0.4 is 4.72 Å². The number of hydrogen-bond donors (Lipinski definition) is 2. The summed E-state index contributed by atoms with van der Waals surface area (Å²) >= 11 is 0. The Morgan fingerprint density at radius 1 is 1.06 bits per heavy atom. The molecule has 2 aliphatic carbocycles. The number of esters is 1. The highest BCUT2D eigenvalue weighted by molar-refractivity contribution is 7.95. The molecule has 0 aromatic heterocycles. The molecule has 0 amide bonds. The van der Waals surface area contributed by atoms with Gasteiger partial charge in [0.2, 0.25) is 0 Å². The Kier molecular flexibility index (Phi) is 7.12. The van der Waals surface area contributed by atoms with Crippen LogP contribution in [0.5, 0.6) is 0 Å². The number of aliphatic hydroxyl groups is 1. The molecule has 188 valence electrons. The van der Waals surface area contributed by atoms with E-state index in [4.69, 9.17) is 4.74 Å². The van der Waals surface area contributed by atoms with Crippen molar-refractivity contribution in [1.82, 2.24) is 0 Å². The average molecular weight is 506 g/mol. The molecule has 0 spiro atoms. The molecule has 1 aliphatic heterocycles. The van der Waals surface area contributed by atoms with Crippen LogP contribution in [0.3, 0.4) is 0 Å². The minimum absolute atomic E-state index is 0.219. The lowest BCUT2D eigenvalue weighted by atomic mass is 9.72. The van der Waals surface area contributed by atoms with E-state index in [0.717, 1.165) is 48.6 Å². The van der Waals surface area contributed by atoms with Gasteiger partial charge in [0, 0.05) is 17.5 Å². The fourth-order valence-corrected chi connectivity index (χ4v) is 6.19. The molecule has 4 unspecified atom stereocenters. The molecule has 2 N–H and O–H groups in total. The van der Waals surface area contributed by atoms with Crippen LogP contribution in [0.25, 0.3) is 6.08 Å². The van der Waals surface area contributed by atoms with Crippen molar-refractivity contribution in [2.45, 2.75) is 44.1 Å². The van der Waals surface area contributed by atoms with Crippen molar-refractivity contribution in [2.75, 3.05) is 4.72 Å². The van der Waals surface area contributed by atoms with Crippen molar-refractivity contribution in [3.8, 4) is 0 Å². The third-order valence-electron chi connectivity index (χ3n) is 7.21. The molecule has 1 saturated carbocycles. The van der Waals surface area contributed by atoms with Crippen LogP contribution in [0.2, 0.25) is 0 Å². The van der Waals surface area contributed by atoms with E-state index in [-0.39, 0.29) is 17.8 Å². The maximum absolute atomic E-state index is 13.2. The van der Waals surface area contributed by atoms with Crippen LogP contribution in [0, 0.1) is 17.8 Å². The lowest BCUT2D eigenvalue weighted by Crippen LogP contribution is -2.45. The van der Waals surface area contributed by atoms with Crippen molar-refractivity contribution in [3.05, 3.63) is 95.1 Å². The van der Waals surface area contributed by atoms with Gasteiger partial charge in [-0.05, 0) is 73.4 Å². The third-order valence-corrected chi connectivity index (χ3v) is 8.22. The van der Waals surface area contributed by atoms with Gasteiger partial charge in [0.05, 0.1) is 17.4 Å². The Morgan fingerprint density at radius 3 is 2.64 bits per heavy atom. The normalized spacial score (nSPS) is 25.3. The van der Waals surface area contributed by atoms with Gasteiger partial charge < -0.3 is 9.84 Å². The molecular weight excluding hydrogens is 474 g/mol. The molecule has 2 aromatic carbocycles. The molecule has 4 atom stereocenters. The topological polar surface area (TPSA) is 92.7 Å². The summed E-state index contributed by atoms with van der Waals surface area (Å²) in [6, 6.07) is 16.4. The van der Waals surface area contributed by atoms with Gasteiger partial charge in [-0.25, -0.2) is 8.42 Å². The molecule has 2 aromatic rings. The van der Waals surface area contributed by atoms with Gasteiger partial charge in [0.1, 0.15) is 5.76 Å². The van der Waals surface area contributed by atoms with Crippen molar-refractivity contribution in [3.63, 3.8) is 0 Å². The Labute approximate surface area is 212 Å². The van der Waals surface area contributed by atoms with E-state index in [1.807, 2.05) is 48.6 Å². The number of ether oxygens (including phenoxy) is 1. The SMILES string of the molecule is O=C1OC2=CC=CCCCC2C(O)C1C(c1cccc(NS(=O)(=O)C=Cc2ccccc2)c1)C1CC1. The first-order chi connectivity index (χ1) is 17.4. The van der Waals surface area contributed by atoms with Gasteiger partial charge in [-0.15, -0.1) is 0 Å². The summed E-state index contributed by atoms with van der Waals surface area (Å²) in [6.45, 7) is 0. The van der Waals surface area contributed by atoms with E-state index in [2.05, 4.69) is 4.72 Å². The Morgan fingerprint density at radius 2 is 1.86 bits per heavy atom. The smallest absolute Gasteiger partial charge is 0.317 e. The zero-order valence-electron chi connectivity index (χ0n) is 20.0. The van der Waals surface area contributed by atoms with Crippen molar-refractivity contribution in [2.24, 2.45) is 17.8 Å². The van der Waals surface area contributed by atoms with Gasteiger partial charge in [-0.3, -0.25) is 9.52 Å². The summed E-state index contributed by atoms with van der Waals surface area (Å²) < 4.78 is 33.8. The molecule has 6 nitrogen and oxygen atoms in total. The maximum Gasteiger partial charge on any atom is 0.317 e. The summed E-state index contributed by atoms with van der Waals surface area (Å²) in [7, 11) is -3.74. The van der Waals surface area contributed by atoms with Crippen LogP contribution in [-0.4, -0.2) is 25.6 Å². The number of aliphatic hydroxyl groups excluding tert-OH is 1. The second kappa shape index (κ2) is 10.4. The summed E-state index contributed by atoms with van der Waals surface area (Å²) in [5, 5.41) is 12.6. The second-order valence-corrected chi connectivity index (χ2v) is 11.4. The van der Waals surface area contributed by atoms with E-state index < -0.39 is 28.0 Å². The number of hydrogen-bond acceptors (Lipinski definition) is 5. The number of carbonyl (C=O) groups is 1. The molecule has 5 rings (SSSR count). The highest BCUT2D eigenvalue weighted by Crippen LogP contribution is 2.51. The number of carbonyl (C=O) groups excluding carboxylic acids is 1. The van der Waals surface area contributed by atoms with Gasteiger partial charge >= 0.3 is 5.97 Å². The number of anilines is 1. The number of nitrogens with one attached hydrogen (secondary N) is 1. The lowest BCUT2D eigenvalue weighted by Gasteiger charge is -2.39. The van der Waals surface area contributed by atoms with Gasteiger partial charge in [-0.1, -0.05) is 54.6 Å². The zero-order valence-corrected chi connectivity index (χ0v) is 20.8. The minimum Gasteiger partial charge on any atom is -0.430 e. The summed E-state index contributed by atoms with van der Waals surface area (Å²) in [4.78, 5) is 13.2. The van der Waals surface area contributed by atoms with Crippen LogP contribution in [0.1, 0.15) is 49.1 Å². The second-order valence-electron chi connectivity index (χ2n) is 9.82. The number of allylic oxidation sites excluding steroid dienone is 3. The highest BCUT2D eigenvalue weighted by atomic mass is 32.2. The quantitative estimate of drug-likeness (QED) is 0.494. The number of rotatable bonds is 7. The minimum atomic E-state index is -3.74. The molecule has 1 saturated heterocycles. The monoisotopic (exact) mass is 505 g/mol. The predicted molar refractivity (Wildman–Crippen MR) is 140 cm³/mol. The molecule has 7 heteroatoms. The highest BCUT2D eigenvalue weighted by Gasteiger charge is 2.50. The zero-order chi connectivity index (χ0) is 25.1. The standard InChI is InChI=1S/C29H31NO5S/c31-28-24-13-6-1-2-7-14-25(24)35-29(32)27(28)26(21-15-16-21)22-11-8-12-23(19-22)30-36(33,34)18-17-20-9-4-3-5-10-20/h2-5,7-12,14,17-19,21,24,26-28,30-31H,1,6,13,15-16H2. The number of fused-ring (bicyclic) bond motifs is 1.